The summed E-state index contributed by atoms with van der Waals surface area (Å²) in [4.78, 5) is 87.1. The van der Waals surface area contributed by atoms with Crippen molar-refractivity contribution in [2.45, 2.75) is 59.7 Å². The summed E-state index contributed by atoms with van der Waals surface area (Å²) in [5, 5.41) is 19.0. The van der Waals surface area contributed by atoms with Crippen molar-refractivity contribution in [3.63, 3.8) is 0 Å². The third-order valence-corrected chi connectivity index (χ3v) is 14.4. The van der Waals surface area contributed by atoms with Crippen molar-refractivity contribution in [2.24, 2.45) is 5.73 Å². The minimum Gasteiger partial charge on any atom is -0.478 e. The molecular weight excluding hydrogens is 1250 g/mol. The summed E-state index contributed by atoms with van der Waals surface area (Å²) in [6, 6.07) is 32.1. The highest BCUT2D eigenvalue weighted by Gasteiger charge is 2.13. The third-order valence-electron chi connectivity index (χ3n) is 13.8. The van der Waals surface area contributed by atoms with E-state index in [4.69, 9.17) is 64.2 Å². The normalized spacial score (nSPS) is 10.7. The van der Waals surface area contributed by atoms with E-state index in [1.165, 1.54) is 12.3 Å². The molecule has 12 heterocycles. The number of nitrogen functional groups attached to an aromatic ring is 3. The number of carbonyl (C=O) groups excluding carboxylic acids is 2. The van der Waals surface area contributed by atoms with Crippen LogP contribution in [-0.4, -0.2) is 89.9 Å². The van der Waals surface area contributed by atoms with Crippen molar-refractivity contribution in [3.05, 3.63) is 264 Å². The summed E-state index contributed by atoms with van der Waals surface area (Å²) in [6.07, 6.45) is 16.2. The number of nitrogens with two attached hydrogens (primary N) is 4. The summed E-state index contributed by atoms with van der Waals surface area (Å²) < 4.78 is 15.5. The fraction of sp³-hybridized carbons (Fsp3) is 0.149. The second-order valence-electron chi connectivity index (χ2n) is 20.6. The number of hydrogen-bond acceptors (Lipinski definition) is 19. The lowest BCUT2D eigenvalue weighted by Gasteiger charge is -2.09. The fourth-order valence-electron chi connectivity index (χ4n) is 9.16. The van der Waals surface area contributed by atoms with Crippen LogP contribution in [0.3, 0.4) is 0 Å². The number of carboxylic acid groups (broad SMARTS) is 1. The SMILES string of the molecule is Cc1nc(N)ccc1CN.Cc1nc(N)ccc1CNC(=O)c1ccnc(Cc2cnc3ncc(Cl)cc3c2)c1.Cc1nc(N)ccc1CNC(=O)c1ccnc(Cc2cnc3ncc(Cl)cc3c2)c1.O=C(O)c1ccnc(Cc2cnc3ncc(Cl)cc3c2)c1.[2H]CF. The van der Waals surface area contributed by atoms with Crippen molar-refractivity contribution < 1.29 is 25.3 Å². The number of hydrogen-bond donors (Lipinski definition) is 7. The zero-order valence-corrected chi connectivity index (χ0v) is 52.7. The number of carboxylic acids is 1. The first-order valence-corrected chi connectivity index (χ1v) is 29.4. The quantitative estimate of drug-likeness (QED) is 0.0532. The van der Waals surface area contributed by atoms with E-state index in [0.29, 0.717) is 105 Å². The zero-order valence-electron chi connectivity index (χ0n) is 51.4. The minimum absolute atomic E-state index is 0.178. The Labute approximate surface area is 550 Å². The maximum absolute atomic E-state index is 12.6. The summed E-state index contributed by atoms with van der Waals surface area (Å²) in [6.45, 7) is 6.90. The summed E-state index contributed by atoms with van der Waals surface area (Å²) in [5.74, 6) is 0.149. The van der Waals surface area contributed by atoms with Crippen molar-refractivity contribution in [2.75, 3.05) is 24.4 Å². The molecule has 93 heavy (non-hydrogen) atoms. The number of anilines is 3. The number of alkyl halides is 1. The molecule has 0 aliphatic heterocycles. The van der Waals surface area contributed by atoms with E-state index < -0.39 is 13.1 Å². The largest absolute Gasteiger partial charge is 0.478 e. The Morgan fingerprint density at radius 1 is 0.462 bits per heavy atom. The van der Waals surface area contributed by atoms with E-state index >= 15 is 0 Å². The molecule has 0 aromatic carbocycles. The molecule has 0 fully saturated rings. The molecule has 2 amide bonds. The molecule has 0 saturated carbocycles. The molecule has 0 unspecified atom stereocenters. The van der Waals surface area contributed by atoms with Gasteiger partial charge in [0.15, 0.2) is 16.9 Å². The number of halogens is 4. The van der Waals surface area contributed by atoms with Gasteiger partial charge in [0.2, 0.25) is 0 Å². The van der Waals surface area contributed by atoms with Crippen molar-refractivity contribution >= 4 is 103 Å². The van der Waals surface area contributed by atoms with Crippen LogP contribution in [0, 0.1) is 20.8 Å². The summed E-state index contributed by atoms with van der Waals surface area (Å²) >= 11 is 18.0. The van der Waals surface area contributed by atoms with Gasteiger partial charge in [-0.25, -0.2) is 49.7 Å². The van der Waals surface area contributed by atoms with Gasteiger partial charge in [-0.2, -0.15) is 0 Å². The van der Waals surface area contributed by atoms with E-state index in [-0.39, 0.29) is 17.4 Å². The molecule has 0 saturated heterocycles. The van der Waals surface area contributed by atoms with Crippen LogP contribution in [0.4, 0.5) is 21.8 Å². The number of fused-ring (bicyclic) bond motifs is 3. The lowest BCUT2D eigenvalue weighted by atomic mass is 10.1. The van der Waals surface area contributed by atoms with Gasteiger partial charge in [-0.15, -0.1) is 0 Å². The molecular formula is C67H62Cl3FN18O4. The van der Waals surface area contributed by atoms with E-state index in [1.807, 2.05) is 69.3 Å². The Kier molecular flexibility index (Phi) is 23.4. The van der Waals surface area contributed by atoms with Crippen molar-refractivity contribution in [1.29, 1.82) is 0 Å². The number of rotatable bonds is 14. The van der Waals surface area contributed by atoms with Crippen molar-refractivity contribution in [1.82, 2.24) is 70.4 Å². The minimum atomic E-state index is -1.00. The van der Waals surface area contributed by atoms with E-state index in [2.05, 4.69) is 70.4 Å². The molecule has 0 radical (unpaired) electrons. The fourth-order valence-corrected chi connectivity index (χ4v) is 9.66. The predicted molar refractivity (Wildman–Crippen MR) is 359 cm³/mol. The summed E-state index contributed by atoms with van der Waals surface area (Å²) in [5.41, 5.74) is 35.8. The molecule has 26 heteroatoms. The molecule has 0 aliphatic carbocycles. The lowest BCUT2D eigenvalue weighted by Crippen LogP contribution is -2.23. The van der Waals surface area contributed by atoms with Gasteiger partial charge in [0.1, 0.15) is 17.5 Å². The number of pyridine rings is 12. The number of amides is 2. The van der Waals surface area contributed by atoms with Gasteiger partial charge in [-0.1, -0.05) is 53.0 Å². The number of carbonyl (C=O) groups is 3. The molecule has 472 valence electrons. The topological polar surface area (TPSA) is 354 Å². The van der Waals surface area contributed by atoms with Crippen LogP contribution in [0.2, 0.25) is 15.1 Å². The van der Waals surface area contributed by atoms with Gasteiger partial charge < -0.3 is 38.7 Å². The molecule has 12 rings (SSSR count). The molecule has 0 atom stereocenters. The van der Waals surface area contributed by atoms with Crippen LogP contribution in [0.1, 0.15) is 100.0 Å². The number of aromatic carboxylic acids is 1. The first-order valence-electron chi connectivity index (χ1n) is 29.0. The average Bonchev–Trinajstić information content (AvgIpc) is 0.915. The standard InChI is InChI=1S/2C22H19ClN6O.C15H10ClN3O2.C7H11N3.CH3F/c2*1-13-16(2-3-20(24)29-13)11-28-22(30)15-4-5-25-19(9-15)7-14-6-17-8-18(23)12-27-21(17)26-10-14;16-12-5-11-3-9(7-18-14(11)19-8-12)4-13-6-10(15(20)21)1-2-17-13;1-5-6(4-8)2-3-7(9)10-5;1-2/h2*2-6,8-10,12H,7,11H2,1H3,(H2,24,29)(H,28,30);1-3,5-8H,4H2,(H,20,21);2-3H,4,8H2,1H3,(H2,9,10);1H3/i;;;;1D. The van der Waals surface area contributed by atoms with E-state index in [0.717, 1.165) is 78.0 Å². The molecule has 22 nitrogen and oxygen atoms in total. The maximum atomic E-state index is 12.6. The second-order valence-corrected chi connectivity index (χ2v) is 21.9. The second kappa shape index (κ2) is 32.8. The molecule has 0 aliphatic rings. The highest BCUT2D eigenvalue weighted by atomic mass is 35.5. The highest BCUT2D eigenvalue weighted by Crippen LogP contribution is 2.22. The van der Waals surface area contributed by atoms with Crippen LogP contribution in [-0.2, 0) is 38.9 Å². The Morgan fingerprint density at radius 3 is 1.10 bits per heavy atom. The first-order chi connectivity index (χ1) is 45.2. The lowest BCUT2D eigenvalue weighted by molar-refractivity contribution is 0.0696. The highest BCUT2D eigenvalue weighted by molar-refractivity contribution is 6.31. The number of nitrogens with zero attached hydrogens (tertiary/aromatic N) is 12. The van der Waals surface area contributed by atoms with Gasteiger partial charge in [-0.3, -0.25) is 28.9 Å². The first kappa shape index (κ1) is 66.6. The predicted octanol–water partition coefficient (Wildman–Crippen LogP) is 11.0. The number of nitrogens with one attached hydrogen (secondary N) is 2. The summed E-state index contributed by atoms with van der Waals surface area (Å²) in [7, 11) is -1.00. The van der Waals surface area contributed by atoms with Crippen molar-refractivity contribution in [3.8, 4) is 0 Å². The van der Waals surface area contributed by atoms with Gasteiger partial charge in [0.05, 0.1) is 29.2 Å². The van der Waals surface area contributed by atoms with Crippen LogP contribution in [0.25, 0.3) is 33.1 Å². The Morgan fingerprint density at radius 2 is 0.774 bits per heavy atom. The number of aromatic nitrogens is 12. The Hall–Kier alpha value is -10.9. The van der Waals surface area contributed by atoms with Gasteiger partial charge in [0, 0.05) is 156 Å². The molecule has 0 bridgehead atoms. The Balaban J connectivity index is 0.000000167. The average molecular weight is 1310 g/mol. The third kappa shape index (κ3) is 19.8. The van der Waals surface area contributed by atoms with Gasteiger partial charge >= 0.3 is 5.97 Å². The van der Waals surface area contributed by atoms with Crippen LogP contribution in [0.5, 0.6) is 0 Å². The van der Waals surface area contributed by atoms with Crippen LogP contribution >= 0.6 is 34.8 Å². The van der Waals surface area contributed by atoms with Gasteiger partial charge in [-0.05, 0) is 145 Å². The zero-order chi connectivity index (χ0) is 67.3. The maximum Gasteiger partial charge on any atom is 0.335 e. The molecule has 12 aromatic heterocycles. The van der Waals surface area contributed by atoms with Crippen LogP contribution < -0.4 is 33.6 Å². The molecule has 12 aromatic rings. The van der Waals surface area contributed by atoms with E-state index in [9.17, 15) is 18.8 Å². The molecule has 11 N–H and O–H groups in total. The number of aryl methyl sites for hydroxylation is 3. The van der Waals surface area contributed by atoms with E-state index in [1.54, 1.807) is 104 Å². The Bertz CT molecular complexity index is 4480. The van der Waals surface area contributed by atoms with Crippen LogP contribution in [0.15, 0.2) is 165 Å². The monoisotopic (exact) mass is 1310 g/mol. The smallest absolute Gasteiger partial charge is 0.335 e. The molecule has 0 spiro atoms. The van der Waals surface area contributed by atoms with Gasteiger partial charge in [0.25, 0.3) is 11.8 Å².